The van der Waals surface area contributed by atoms with Crippen molar-refractivity contribution in [3.63, 3.8) is 0 Å². The van der Waals surface area contributed by atoms with Crippen LogP contribution in [0.4, 0.5) is 5.69 Å². The van der Waals surface area contributed by atoms with Gasteiger partial charge in [0.05, 0.1) is 5.69 Å². The highest BCUT2D eigenvalue weighted by atomic mass is 32.2. The van der Waals surface area contributed by atoms with E-state index in [9.17, 15) is 22.8 Å². The molecule has 0 spiro atoms. The number of rotatable bonds is 8. The number of hydrogen-bond acceptors (Lipinski definition) is 5. The molecular formula is C24H38N4O5S. The van der Waals surface area contributed by atoms with Crippen LogP contribution < -0.4 is 15.4 Å². The van der Waals surface area contributed by atoms with Gasteiger partial charge in [0.25, 0.3) is 0 Å². The quantitative estimate of drug-likeness (QED) is 0.512. The van der Waals surface area contributed by atoms with E-state index >= 15 is 0 Å². The summed E-state index contributed by atoms with van der Waals surface area (Å²) in [7, 11) is -3.83. The van der Waals surface area contributed by atoms with Crippen molar-refractivity contribution >= 4 is 33.4 Å². The maximum Gasteiger partial charge on any atom is 0.248 e. The summed E-state index contributed by atoms with van der Waals surface area (Å²) in [5.41, 5.74) is -1.71. The predicted octanol–water partition coefficient (Wildman–Crippen LogP) is 2.49. The number of anilines is 1. The van der Waals surface area contributed by atoms with Crippen LogP contribution in [0.25, 0.3) is 0 Å². The minimum Gasteiger partial charge on any atom is -0.342 e. The molecule has 0 aromatic heterocycles. The van der Waals surface area contributed by atoms with Gasteiger partial charge in [-0.05, 0) is 44.7 Å². The second-order valence-corrected chi connectivity index (χ2v) is 12.5. The molecular weight excluding hydrogens is 456 g/mol. The number of carbonyl (C=O) groups is 3. The van der Waals surface area contributed by atoms with Crippen LogP contribution in [0.5, 0.6) is 0 Å². The molecule has 0 saturated carbocycles. The van der Waals surface area contributed by atoms with Crippen LogP contribution in [0.15, 0.2) is 29.2 Å². The minimum absolute atomic E-state index is 0.0300. The molecule has 34 heavy (non-hydrogen) atoms. The maximum absolute atomic E-state index is 13.3. The van der Waals surface area contributed by atoms with Crippen LogP contribution >= 0.6 is 0 Å². The van der Waals surface area contributed by atoms with Gasteiger partial charge in [0.2, 0.25) is 27.7 Å². The van der Waals surface area contributed by atoms with Crippen molar-refractivity contribution in [3.05, 3.63) is 24.3 Å². The number of nitrogens with one attached hydrogen (secondary N) is 3. The van der Waals surface area contributed by atoms with E-state index in [0.29, 0.717) is 19.4 Å². The van der Waals surface area contributed by atoms with Gasteiger partial charge in [-0.2, -0.15) is 0 Å². The molecule has 10 heteroatoms. The summed E-state index contributed by atoms with van der Waals surface area (Å²) in [5.74, 6) is -0.964. The number of nitrogens with zero attached hydrogens (tertiary/aromatic N) is 1. The Morgan fingerprint density at radius 3 is 2.29 bits per heavy atom. The zero-order valence-electron chi connectivity index (χ0n) is 21.2. The van der Waals surface area contributed by atoms with Gasteiger partial charge in [-0.25, -0.2) is 13.1 Å². The van der Waals surface area contributed by atoms with Crippen molar-refractivity contribution < 1.29 is 22.8 Å². The van der Waals surface area contributed by atoms with Gasteiger partial charge in [0.15, 0.2) is 0 Å². The number of carbonyl (C=O) groups excluding carboxylic acids is 3. The summed E-state index contributed by atoms with van der Waals surface area (Å²) < 4.78 is 28.1. The van der Waals surface area contributed by atoms with E-state index in [0.717, 1.165) is 0 Å². The van der Waals surface area contributed by atoms with E-state index in [4.69, 9.17) is 0 Å². The summed E-state index contributed by atoms with van der Waals surface area (Å²) in [6, 6.07) is 5.42. The van der Waals surface area contributed by atoms with Crippen molar-refractivity contribution in [2.24, 2.45) is 11.3 Å². The lowest BCUT2D eigenvalue weighted by Crippen LogP contribution is -2.59. The van der Waals surface area contributed by atoms with Crippen molar-refractivity contribution in [1.82, 2.24) is 14.9 Å². The molecule has 190 valence electrons. The third kappa shape index (κ3) is 6.79. The van der Waals surface area contributed by atoms with E-state index in [1.54, 1.807) is 46.8 Å². The first-order valence-corrected chi connectivity index (χ1v) is 13.1. The predicted molar refractivity (Wildman–Crippen MR) is 132 cm³/mol. The van der Waals surface area contributed by atoms with Crippen LogP contribution in [-0.4, -0.2) is 55.7 Å². The lowest BCUT2D eigenvalue weighted by molar-refractivity contribution is -0.145. The molecule has 3 N–H and O–H groups in total. The van der Waals surface area contributed by atoms with Gasteiger partial charge >= 0.3 is 0 Å². The Bertz CT molecular complexity index is 1030. The molecule has 1 aromatic rings. The number of likely N-dealkylation sites (tertiary alicyclic amines) is 1. The molecule has 1 fully saturated rings. The molecule has 0 radical (unpaired) electrons. The van der Waals surface area contributed by atoms with Gasteiger partial charge in [-0.15, -0.1) is 0 Å². The van der Waals surface area contributed by atoms with E-state index in [2.05, 4.69) is 15.4 Å². The fourth-order valence-corrected chi connectivity index (χ4v) is 4.92. The summed E-state index contributed by atoms with van der Waals surface area (Å²) in [6.07, 6.45) is 1.07. The summed E-state index contributed by atoms with van der Waals surface area (Å²) in [4.78, 5) is 40.4. The molecule has 1 aliphatic rings. The normalized spacial score (nSPS) is 17.1. The highest BCUT2D eigenvalue weighted by molar-refractivity contribution is 7.89. The molecule has 1 aliphatic heterocycles. The molecule has 9 nitrogen and oxygen atoms in total. The van der Waals surface area contributed by atoms with Gasteiger partial charge in [-0.3, -0.25) is 14.4 Å². The fraction of sp³-hybridized carbons (Fsp3) is 0.625. The van der Waals surface area contributed by atoms with Gasteiger partial charge < -0.3 is 15.5 Å². The van der Waals surface area contributed by atoms with Crippen LogP contribution in [0.2, 0.25) is 0 Å². The van der Waals surface area contributed by atoms with Crippen LogP contribution in [0.3, 0.4) is 0 Å². The highest BCUT2D eigenvalue weighted by Crippen LogP contribution is 2.26. The number of benzene rings is 1. The summed E-state index contributed by atoms with van der Waals surface area (Å²) >= 11 is 0. The lowest BCUT2D eigenvalue weighted by atomic mass is 9.92. The first-order valence-electron chi connectivity index (χ1n) is 11.6. The standard InChI is InChI=1S/C24H38N4O5S/c1-16(2)15-25-34(32,33)19-13-9-8-11-17(19)26-20(29)18-12-10-14-28(18)22(31)24(6,7)27-21(30)23(3,4)5/h8-9,11,13,16,18,25H,10,12,14-15H2,1-7H3,(H,26,29)(H,27,30)/t18-/m0/s1. The molecule has 1 saturated heterocycles. The number of sulfonamides is 1. The fourth-order valence-electron chi connectivity index (χ4n) is 3.54. The largest absolute Gasteiger partial charge is 0.342 e. The highest BCUT2D eigenvalue weighted by Gasteiger charge is 2.42. The average molecular weight is 495 g/mol. The van der Waals surface area contributed by atoms with Crippen molar-refractivity contribution in [3.8, 4) is 0 Å². The summed E-state index contributed by atoms with van der Waals surface area (Å²) in [5, 5.41) is 5.49. The molecule has 1 atom stereocenters. The molecule has 0 unspecified atom stereocenters. The Morgan fingerprint density at radius 2 is 1.71 bits per heavy atom. The number of amides is 3. The Balaban J connectivity index is 2.21. The molecule has 0 bridgehead atoms. The number of hydrogen-bond donors (Lipinski definition) is 3. The third-order valence-corrected chi connectivity index (χ3v) is 7.06. The van der Waals surface area contributed by atoms with Gasteiger partial charge in [0.1, 0.15) is 16.5 Å². The number of para-hydroxylation sites is 1. The Kier molecular flexibility index (Phi) is 8.53. The van der Waals surface area contributed by atoms with Gasteiger partial charge in [-0.1, -0.05) is 46.8 Å². The van der Waals surface area contributed by atoms with Gasteiger partial charge in [0, 0.05) is 18.5 Å². The van der Waals surface area contributed by atoms with Crippen LogP contribution in [0, 0.1) is 11.3 Å². The molecule has 2 rings (SSSR count). The first-order chi connectivity index (χ1) is 15.6. The molecule has 0 aliphatic carbocycles. The van der Waals surface area contributed by atoms with Crippen LogP contribution in [-0.2, 0) is 24.4 Å². The molecule has 1 aromatic carbocycles. The zero-order chi connectivity index (χ0) is 25.9. The zero-order valence-corrected chi connectivity index (χ0v) is 22.0. The third-order valence-electron chi connectivity index (χ3n) is 5.57. The molecule has 3 amide bonds. The Hall–Kier alpha value is -2.46. The maximum atomic E-state index is 13.3. The van der Waals surface area contributed by atoms with Crippen molar-refractivity contribution in [1.29, 1.82) is 0 Å². The van der Waals surface area contributed by atoms with E-state index in [-0.39, 0.29) is 34.9 Å². The van der Waals surface area contributed by atoms with E-state index in [1.165, 1.54) is 17.0 Å². The topological polar surface area (TPSA) is 125 Å². The van der Waals surface area contributed by atoms with Crippen molar-refractivity contribution in [2.75, 3.05) is 18.4 Å². The lowest BCUT2D eigenvalue weighted by Gasteiger charge is -2.35. The SMILES string of the molecule is CC(C)CNS(=O)(=O)c1ccccc1NC(=O)[C@@H]1CCCN1C(=O)C(C)(C)NC(=O)C(C)(C)C. The second-order valence-electron chi connectivity index (χ2n) is 10.7. The smallest absolute Gasteiger partial charge is 0.248 e. The second kappa shape index (κ2) is 10.4. The van der Waals surface area contributed by atoms with E-state index in [1.807, 2.05) is 13.8 Å². The van der Waals surface area contributed by atoms with E-state index < -0.39 is 32.9 Å². The summed E-state index contributed by atoms with van der Waals surface area (Å²) in [6.45, 7) is 13.0. The molecule has 1 heterocycles. The Morgan fingerprint density at radius 1 is 1.09 bits per heavy atom. The monoisotopic (exact) mass is 494 g/mol. The average Bonchev–Trinajstić information content (AvgIpc) is 3.21. The first kappa shape index (κ1) is 27.8. The van der Waals surface area contributed by atoms with Crippen LogP contribution in [0.1, 0.15) is 61.3 Å². The van der Waals surface area contributed by atoms with Crippen molar-refractivity contribution in [2.45, 2.75) is 77.8 Å². The Labute approximate surface area is 203 Å². The minimum atomic E-state index is -3.83.